The molecule has 0 saturated carbocycles. The standard InChI is InChI=1S/C45H27N3/c1-2-12-36-35(11-1)34(25-26-45(36)48-43-19-9-5-15-39(43)40-16-6-10-20-44(40)48)32-27-31(28-46-29-32)30-21-23-33(24-22-30)47-41-17-7-3-13-37(41)38-14-4-8-18-42(38)47/h1-5,7-9,11-29H. The smallest absolute Gasteiger partial charge is 0.0631 e. The second kappa shape index (κ2) is 10.5. The zero-order valence-electron chi connectivity index (χ0n) is 25.9. The molecule has 3 nitrogen and oxygen atoms in total. The molecule has 3 heterocycles. The lowest BCUT2D eigenvalue weighted by Crippen LogP contribution is -1.99. The van der Waals surface area contributed by atoms with Crippen molar-refractivity contribution in [2.24, 2.45) is 0 Å². The van der Waals surface area contributed by atoms with Gasteiger partial charge in [0.15, 0.2) is 0 Å². The van der Waals surface area contributed by atoms with Crippen LogP contribution in [0.3, 0.4) is 0 Å². The van der Waals surface area contributed by atoms with Crippen molar-refractivity contribution < 1.29 is 0 Å². The number of hydrogen-bond acceptors (Lipinski definition) is 1. The summed E-state index contributed by atoms with van der Waals surface area (Å²) in [6, 6.07) is 50.1. The van der Waals surface area contributed by atoms with Gasteiger partial charge in [0, 0.05) is 62.4 Å². The topological polar surface area (TPSA) is 22.8 Å². The molecule has 9 aromatic rings. The molecular formula is C45H27N3. The Hall–Kier alpha value is -6.63. The molecule has 0 fully saturated rings. The molecule has 10 rings (SSSR count). The molecule has 1 aliphatic rings. The van der Waals surface area contributed by atoms with E-state index in [4.69, 9.17) is 4.98 Å². The Bertz CT molecular complexity index is 2800. The van der Waals surface area contributed by atoms with E-state index >= 15 is 0 Å². The number of benzene rings is 6. The average molecular weight is 610 g/mol. The Balaban J connectivity index is 1.07. The molecule has 0 atom stereocenters. The first-order chi connectivity index (χ1) is 23.8. The molecular weight excluding hydrogens is 583 g/mol. The Labute approximate surface area is 277 Å². The highest BCUT2D eigenvalue weighted by Gasteiger charge is 2.19. The van der Waals surface area contributed by atoms with Gasteiger partial charge in [0.2, 0.25) is 0 Å². The Morgan fingerprint density at radius 1 is 0.438 bits per heavy atom. The van der Waals surface area contributed by atoms with Crippen LogP contribution >= 0.6 is 0 Å². The third kappa shape index (κ3) is 3.93. The number of nitrogens with zero attached hydrogens (tertiary/aromatic N) is 3. The fourth-order valence-corrected chi connectivity index (χ4v) is 7.54. The number of aromatic nitrogens is 3. The highest BCUT2D eigenvalue weighted by molar-refractivity contribution is 6.09. The summed E-state index contributed by atoms with van der Waals surface area (Å²) < 4.78 is 4.71. The summed E-state index contributed by atoms with van der Waals surface area (Å²) in [6.07, 6.45) is 8.01. The maximum absolute atomic E-state index is 4.73. The molecule has 0 N–H and O–H groups in total. The Kier molecular flexibility index (Phi) is 5.79. The molecule has 0 spiro atoms. The van der Waals surface area contributed by atoms with Crippen molar-refractivity contribution in [3.8, 4) is 33.6 Å². The molecule has 1 aliphatic carbocycles. The number of hydrogen-bond donors (Lipinski definition) is 0. The third-order valence-electron chi connectivity index (χ3n) is 9.69. The molecule has 0 aliphatic heterocycles. The van der Waals surface area contributed by atoms with Gasteiger partial charge in [-0.05, 0) is 65.1 Å². The van der Waals surface area contributed by atoms with E-state index < -0.39 is 0 Å². The lowest BCUT2D eigenvalue weighted by atomic mass is 9.96. The first-order valence-corrected chi connectivity index (χ1v) is 16.2. The van der Waals surface area contributed by atoms with E-state index in [1.807, 2.05) is 24.5 Å². The van der Waals surface area contributed by atoms with Crippen LogP contribution in [-0.4, -0.2) is 14.1 Å². The lowest BCUT2D eigenvalue weighted by molar-refractivity contribution is 1.12. The van der Waals surface area contributed by atoms with Crippen molar-refractivity contribution >= 4 is 55.6 Å². The summed E-state index contributed by atoms with van der Waals surface area (Å²) in [5.41, 5.74) is 19.0. The van der Waals surface area contributed by atoms with Crippen molar-refractivity contribution in [3.05, 3.63) is 175 Å². The van der Waals surface area contributed by atoms with Gasteiger partial charge in [0.25, 0.3) is 0 Å². The van der Waals surface area contributed by atoms with Crippen LogP contribution in [0.1, 0.15) is 11.3 Å². The Morgan fingerprint density at radius 3 is 1.75 bits per heavy atom. The van der Waals surface area contributed by atoms with Gasteiger partial charge in [-0.25, -0.2) is 0 Å². The van der Waals surface area contributed by atoms with Gasteiger partial charge in [-0.2, -0.15) is 0 Å². The highest BCUT2D eigenvalue weighted by Crippen LogP contribution is 2.39. The van der Waals surface area contributed by atoms with Gasteiger partial charge in [0.1, 0.15) is 0 Å². The number of rotatable bonds is 4. The lowest BCUT2D eigenvalue weighted by Gasteiger charge is -2.16. The van der Waals surface area contributed by atoms with Crippen molar-refractivity contribution in [3.63, 3.8) is 0 Å². The number of fused-ring (bicyclic) bond motifs is 7. The van der Waals surface area contributed by atoms with Crippen LogP contribution in [-0.2, 0) is 0 Å². The zero-order valence-corrected chi connectivity index (χ0v) is 25.9. The Morgan fingerprint density at radius 2 is 1.02 bits per heavy atom. The quantitative estimate of drug-likeness (QED) is 0.182. The molecule has 0 bridgehead atoms. The maximum atomic E-state index is 4.73. The predicted octanol–water partition coefficient (Wildman–Crippen LogP) is 11.4. The maximum Gasteiger partial charge on any atom is 0.0631 e. The van der Waals surface area contributed by atoms with Crippen LogP contribution in [0.2, 0.25) is 0 Å². The van der Waals surface area contributed by atoms with Gasteiger partial charge in [-0.1, -0.05) is 109 Å². The minimum absolute atomic E-state index is 1.09. The molecule has 6 aromatic carbocycles. The van der Waals surface area contributed by atoms with Crippen LogP contribution < -0.4 is 0 Å². The van der Waals surface area contributed by atoms with Crippen molar-refractivity contribution in [1.29, 1.82) is 0 Å². The monoisotopic (exact) mass is 609 g/mol. The van der Waals surface area contributed by atoms with Gasteiger partial charge < -0.3 is 9.13 Å². The fourth-order valence-electron chi connectivity index (χ4n) is 7.54. The van der Waals surface area contributed by atoms with Crippen LogP contribution in [0.25, 0.3) is 89.3 Å². The predicted molar refractivity (Wildman–Crippen MR) is 200 cm³/mol. The van der Waals surface area contributed by atoms with Gasteiger partial charge in [-0.3, -0.25) is 4.98 Å². The molecule has 222 valence electrons. The summed E-state index contributed by atoms with van der Waals surface area (Å²) in [5, 5.41) is 6.12. The van der Waals surface area contributed by atoms with E-state index in [9.17, 15) is 0 Å². The van der Waals surface area contributed by atoms with Crippen molar-refractivity contribution in [1.82, 2.24) is 14.1 Å². The van der Waals surface area contributed by atoms with E-state index in [1.54, 1.807) is 0 Å². The van der Waals surface area contributed by atoms with Crippen LogP contribution in [0.15, 0.2) is 163 Å². The van der Waals surface area contributed by atoms with Crippen LogP contribution in [0.5, 0.6) is 0 Å². The SMILES string of the molecule is C1=C=Cc2c(c3ccccc3n2-c2ccc(-c3cncc(-c4ccc(-n5c6ccccc6c6ccccc65)cc4)c3)c3ccccc23)C=1. The van der Waals surface area contributed by atoms with Gasteiger partial charge in [-0.15, -0.1) is 0 Å². The molecule has 3 heteroatoms. The van der Waals surface area contributed by atoms with E-state index in [2.05, 4.69) is 160 Å². The normalized spacial score (nSPS) is 12.1. The van der Waals surface area contributed by atoms with E-state index in [-0.39, 0.29) is 0 Å². The first-order valence-electron chi connectivity index (χ1n) is 16.2. The number of para-hydroxylation sites is 3. The minimum Gasteiger partial charge on any atom is -0.309 e. The zero-order chi connectivity index (χ0) is 31.6. The van der Waals surface area contributed by atoms with E-state index in [1.165, 1.54) is 49.0 Å². The largest absolute Gasteiger partial charge is 0.309 e. The molecule has 0 amide bonds. The third-order valence-corrected chi connectivity index (χ3v) is 9.69. The molecule has 3 aromatic heterocycles. The van der Waals surface area contributed by atoms with Gasteiger partial charge >= 0.3 is 0 Å². The van der Waals surface area contributed by atoms with Gasteiger partial charge in [0.05, 0.1) is 27.9 Å². The minimum atomic E-state index is 1.09. The second-order valence-corrected chi connectivity index (χ2v) is 12.3. The van der Waals surface area contributed by atoms with Crippen LogP contribution in [0.4, 0.5) is 0 Å². The second-order valence-electron chi connectivity index (χ2n) is 12.3. The average Bonchev–Trinajstić information content (AvgIpc) is 3.68. The summed E-state index contributed by atoms with van der Waals surface area (Å²) >= 11 is 0. The highest BCUT2D eigenvalue weighted by atomic mass is 15.0. The summed E-state index contributed by atoms with van der Waals surface area (Å²) in [7, 11) is 0. The molecule has 0 unspecified atom stereocenters. The van der Waals surface area contributed by atoms with Crippen molar-refractivity contribution in [2.45, 2.75) is 0 Å². The van der Waals surface area contributed by atoms with E-state index in [0.29, 0.717) is 0 Å². The summed E-state index contributed by atoms with van der Waals surface area (Å²) in [5.74, 6) is 0. The number of pyridine rings is 1. The molecule has 0 saturated heterocycles. The molecule has 0 radical (unpaired) electrons. The summed E-state index contributed by atoms with van der Waals surface area (Å²) in [6.45, 7) is 0. The van der Waals surface area contributed by atoms with Crippen molar-refractivity contribution in [2.75, 3.05) is 0 Å². The summed E-state index contributed by atoms with van der Waals surface area (Å²) in [4.78, 5) is 4.73. The van der Waals surface area contributed by atoms with Crippen LogP contribution in [0, 0.1) is 0 Å². The molecule has 48 heavy (non-hydrogen) atoms. The van der Waals surface area contributed by atoms with E-state index in [0.717, 1.165) is 39.3 Å². The first kappa shape index (κ1) is 26.6. The fraction of sp³-hybridized carbons (Fsp3) is 0.